The second-order valence-corrected chi connectivity index (χ2v) is 6.19. The second-order valence-electron chi connectivity index (χ2n) is 6.19. The number of carbonyl (C=O) groups is 2. The van der Waals surface area contributed by atoms with Crippen LogP contribution in [-0.2, 0) is 11.2 Å². The van der Waals surface area contributed by atoms with Gasteiger partial charge in [-0.15, -0.1) is 0 Å². The molecule has 0 amide bonds. The van der Waals surface area contributed by atoms with Crippen LogP contribution < -0.4 is 4.74 Å². The predicted molar refractivity (Wildman–Crippen MR) is 88.5 cm³/mol. The number of carbonyl (C=O) groups excluding carboxylic acids is 2. The molecular weight excluding hydrogens is 290 g/mol. The molecule has 3 rings (SSSR count). The summed E-state index contributed by atoms with van der Waals surface area (Å²) < 4.78 is 7.34. The van der Waals surface area contributed by atoms with Gasteiger partial charge in [-0.3, -0.25) is 4.79 Å². The molecule has 1 aliphatic rings. The van der Waals surface area contributed by atoms with E-state index in [0.29, 0.717) is 6.42 Å². The molecule has 0 spiro atoms. The lowest BCUT2D eigenvalue weighted by molar-refractivity contribution is -0.117. The summed E-state index contributed by atoms with van der Waals surface area (Å²) in [5, 5.41) is 0. The van der Waals surface area contributed by atoms with Gasteiger partial charge in [0.1, 0.15) is 11.5 Å². The maximum absolute atomic E-state index is 12.7. The van der Waals surface area contributed by atoms with Crippen molar-refractivity contribution in [2.24, 2.45) is 5.92 Å². The lowest BCUT2D eigenvalue weighted by atomic mass is 9.83. The van der Waals surface area contributed by atoms with Crippen LogP contribution in [0.25, 0.3) is 5.69 Å². The summed E-state index contributed by atoms with van der Waals surface area (Å²) in [6, 6.07) is 9.79. The highest BCUT2D eigenvalue weighted by Gasteiger charge is 2.31. The minimum Gasteiger partial charge on any atom is -0.497 e. The van der Waals surface area contributed by atoms with E-state index in [4.69, 9.17) is 4.74 Å². The largest absolute Gasteiger partial charge is 0.497 e. The molecule has 0 fully saturated rings. The highest BCUT2D eigenvalue weighted by atomic mass is 16.5. The summed E-state index contributed by atoms with van der Waals surface area (Å²) in [6.07, 6.45) is 1.91. The number of benzene rings is 1. The Hall–Kier alpha value is -2.36. The van der Waals surface area contributed by atoms with E-state index in [9.17, 15) is 9.59 Å². The molecule has 23 heavy (non-hydrogen) atoms. The molecule has 1 aromatic carbocycles. The van der Waals surface area contributed by atoms with Gasteiger partial charge < -0.3 is 14.1 Å². The van der Waals surface area contributed by atoms with Crippen molar-refractivity contribution in [1.82, 2.24) is 4.57 Å². The van der Waals surface area contributed by atoms with Gasteiger partial charge in [0.25, 0.3) is 0 Å². The van der Waals surface area contributed by atoms with E-state index >= 15 is 0 Å². The Balaban J connectivity index is 1.99. The zero-order valence-corrected chi connectivity index (χ0v) is 13.8. The third-order valence-electron chi connectivity index (χ3n) is 4.52. The van der Waals surface area contributed by atoms with Crippen molar-refractivity contribution >= 4 is 11.6 Å². The lowest BCUT2D eigenvalue weighted by Gasteiger charge is -2.22. The van der Waals surface area contributed by atoms with E-state index in [1.165, 1.54) is 0 Å². The summed E-state index contributed by atoms with van der Waals surface area (Å²) in [5.41, 5.74) is 3.90. The molecule has 1 unspecified atom stereocenters. The maximum Gasteiger partial charge on any atom is 0.168 e. The molecule has 1 aromatic heterocycles. The summed E-state index contributed by atoms with van der Waals surface area (Å²) >= 11 is 0. The Morgan fingerprint density at radius 2 is 2.00 bits per heavy atom. The Bertz CT molecular complexity index is 756. The Kier molecular flexibility index (Phi) is 4.07. The van der Waals surface area contributed by atoms with Gasteiger partial charge in [-0.05, 0) is 57.0 Å². The molecule has 0 aliphatic heterocycles. The van der Waals surface area contributed by atoms with Crippen LogP contribution in [0.15, 0.2) is 30.3 Å². The molecule has 0 bridgehead atoms. The van der Waals surface area contributed by atoms with Crippen molar-refractivity contribution in [1.29, 1.82) is 0 Å². The molecule has 120 valence electrons. The smallest absolute Gasteiger partial charge is 0.168 e. The van der Waals surface area contributed by atoms with E-state index in [2.05, 4.69) is 4.57 Å². The van der Waals surface area contributed by atoms with Crippen LogP contribution in [0.4, 0.5) is 0 Å². The minimum atomic E-state index is -0.161. The van der Waals surface area contributed by atoms with Crippen molar-refractivity contribution in [2.45, 2.75) is 33.1 Å². The monoisotopic (exact) mass is 311 g/mol. The van der Waals surface area contributed by atoms with Gasteiger partial charge >= 0.3 is 0 Å². The molecule has 1 aliphatic carbocycles. The molecule has 2 aromatic rings. The fourth-order valence-corrected chi connectivity index (χ4v) is 3.44. The number of Topliss-reactive ketones (excluding diaryl/α,β-unsaturated/α-hetero) is 2. The number of methoxy groups -OCH3 is 1. The summed E-state index contributed by atoms with van der Waals surface area (Å²) in [5.74, 6) is 0.839. The first-order valence-electron chi connectivity index (χ1n) is 7.90. The van der Waals surface area contributed by atoms with E-state index < -0.39 is 0 Å². The van der Waals surface area contributed by atoms with Gasteiger partial charge in [0.05, 0.1) is 7.11 Å². The van der Waals surface area contributed by atoms with Gasteiger partial charge in [-0.2, -0.15) is 0 Å². The molecule has 0 N–H and O–H groups in total. The number of ether oxygens (including phenoxy) is 1. The van der Waals surface area contributed by atoms with E-state index in [0.717, 1.165) is 41.2 Å². The predicted octanol–water partition coefficient (Wildman–Crippen LogP) is 3.52. The molecule has 0 saturated carbocycles. The molecule has 1 atom stereocenters. The topological polar surface area (TPSA) is 48.3 Å². The zero-order chi connectivity index (χ0) is 16.6. The molecule has 4 nitrogen and oxygen atoms in total. The SMILES string of the molecule is COc1ccc(-n2c(C)cc3c2CCC(CC(C)=O)C3=O)cc1. The molecule has 1 heterocycles. The van der Waals surface area contributed by atoms with Crippen LogP contribution >= 0.6 is 0 Å². The van der Waals surface area contributed by atoms with Crippen LogP contribution in [0, 0.1) is 12.8 Å². The fraction of sp³-hybridized carbons (Fsp3) is 0.368. The first kappa shape index (κ1) is 15.5. The van der Waals surface area contributed by atoms with Gasteiger partial charge in [0.15, 0.2) is 5.78 Å². The molecule has 4 heteroatoms. The van der Waals surface area contributed by atoms with Gasteiger partial charge in [0.2, 0.25) is 0 Å². The van der Waals surface area contributed by atoms with Crippen molar-refractivity contribution < 1.29 is 14.3 Å². The van der Waals surface area contributed by atoms with Gasteiger partial charge in [-0.25, -0.2) is 0 Å². The average Bonchev–Trinajstić information content (AvgIpc) is 2.87. The second kappa shape index (κ2) is 6.03. The van der Waals surface area contributed by atoms with Crippen LogP contribution in [0.2, 0.25) is 0 Å². The maximum atomic E-state index is 12.7. The first-order chi connectivity index (χ1) is 11.0. The highest BCUT2D eigenvalue weighted by Crippen LogP contribution is 2.32. The third-order valence-corrected chi connectivity index (χ3v) is 4.52. The summed E-state index contributed by atoms with van der Waals surface area (Å²) in [7, 11) is 1.64. The van der Waals surface area contributed by atoms with Crippen molar-refractivity contribution in [3.63, 3.8) is 0 Å². The molecule has 0 saturated heterocycles. The Morgan fingerprint density at radius 1 is 1.30 bits per heavy atom. The number of rotatable bonds is 4. The Morgan fingerprint density at radius 3 is 2.61 bits per heavy atom. The van der Waals surface area contributed by atoms with E-state index in [1.54, 1.807) is 14.0 Å². The molecular formula is C19H21NO3. The van der Waals surface area contributed by atoms with E-state index in [1.807, 2.05) is 37.3 Å². The van der Waals surface area contributed by atoms with E-state index in [-0.39, 0.29) is 17.5 Å². The van der Waals surface area contributed by atoms with Crippen molar-refractivity contribution in [3.8, 4) is 11.4 Å². The average molecular weight is 311 g/mol. The number of nitrogens with zero attached hydrogens (tertiary/aromatic N) is 1. The molecule has 0 radical (unpaired) electrons. The fourth-order valence-electron chi connectivity index (χ4n) is 3.44. The standard InChI is InChI=1S/C19H21NO3/c1-12-10-17-18(9-4-14(19(17)22)11-13(2)21)20(12)15-5-7-16(23-3)8-6-15/h5-8,10,14H,4,9,11H2,1-3H3. The van der Waals surface area contributed by atoms with Crippen molar-refractivity contribution in [2.75, 3.05) is 7.11 Å². The van der Waals surface area contributed by atoms with Crippen LogP contribution in [0.5, 0.6) is 5.75 Å². The number of hydrogen-bond donors (Lipinski definition) is 0. The number of aryl methyl sites for hydroxylation is 1. The van der Waals surface area contributed by atoms with Gasteiger partial charge in [0, 0.05) is 35.0 Å². The highest BCUT2D eigenvalue weighted by molar-refractivity contribution is 6.02. The third kappa shape index (κ3) is 2.81. The quantitative estimate of drug-likeness (QED) is 0.868. The lowest BCUT2D eigenvalue weighted by Crippen LogP contribution is -2.24. The van der Waals surface area contributed by atoms with Crippen LogP contribution in [0.1, 0.15) is 41.5 Å². The normalized spacial score (nSPS) is 17.0. The number of fused-ring (bicyclic) bond motifs is 1. The Labute approximate surface area is 136 Å². The first-order valence-corrected chi connectivity index (χ1v) is 7.90. The van der Waals surface area contributed by atoms with Crippen LogP contribution in [-0.4, -0.2) is 23.2 Å². The van der Waals surface area contributed by atoms with Crippen LogP contribution in [0.3, 0.4) is 0 Å². The number of hydrogen-bond acceptors (Lipinski definition) is 3. The zero-order valence-electron chi connectivity index (χ0n) is 13.8. The number of ketones is 2. The minimum absolute atomic E-state index is 0.0816. The number of aromatic nitrogens is 1. The van der Waals surface area contributed by atoms with Gasteiger partial charge in [-0.1, -0.05) is 0 Å². The van der Waals surface area contributed by atoms with Crippen molar-refractivity contribution in [3.05, 3.63) is 47.3 Å². The summed E-state index contributed by atoms with van der Waals surface area (Å²) in [4.78, 5) is 24.0. The summed E-state index contributed by atoms with van der Waals surface area (Å²) in [6.45, 7) is 3.56.